The van der Waals surface area contributed by atoms with Crippen molar-refractivity contribution in [3.05, 3.63) is 32.2 Å². The third kappa shape index (κ3) is 8.28. The molecule has 3 N–H and O–H groups in total. The second kappa shape index (κ2) is 11.8. The van der Waals surface area contributed by atoms with Crippen molar-refractivity contribution >= 4 is 41.2 Å². The number of rotatable bonds is 3. The number of thiazole rings is 2. The van der Waals surface area contributed by atoms with Gasteiger partial charge in [0.25, 0.3) is 0 Å². The van der Waals surface area contributed by atoms with Gasteiger partial charge in [0.1, 0.15) is 5.60 Å². The number of carbonyl (C=O) groups excluding carboxylic acids is 1. The Morgan fingerprint density at radius 2 is 1.53 bits per heavy atom. The molecule has 0 aliphatic heterocycles. The van der Waals surface area contributed by atoms with E-state index in [1.807, 2.05) is 27.7 Å². The minimum atomic E-state index is -0.436. The first kappa shape index (κ1) is 27.0. The first-order chi connectivity index (χ1) is 14.6. The fourth-order valence-electron chi connectivity index (χ4n) is 4.17. The van der Waals surface area contributed by atoms with Crippen molar-refractivity contribution in [1.82, 2.24) is 15.3 Å². The van der Waals surface area contributed by atoms with Crippen LogP contribution in [0.2, 0.25) is 0 Å². The second-order valence-electron chi connectivity index (χ2n) is 9.78. The number of carbonyl (C=O) groups is 1. The van der Waals surface area contributed by atoms with Crippen molar-refractivity contribution < 1.29 is 9.53 Å². The normalized spacial score (nSPS) is 24.9. The van der Waals surface area contributed by atoms with Crippen LogP contribution >= 0.6 is 35.1 Å². The maximum Gasteiger partial charge on any atom is 0.407 e. The highest BCUT2D eigenvalue weighted by Crippen LogP contribution is 2.36. The Balaban J connectivity index is 0.000000241. The minimum absolute atomic E-state index is 0. The van der Waals surface area contributed by atoms with Crippen LogP contribution < -0.4 is 11.1 Å². The number of aryl methyl sites for hydroxylation is 2. The Hall–Kier alpha value is -1.22. The average molecular weight is 501 g/mol. The van der Waals surface area contributed by atoms with Gasteiger partial charge in [-0.1, -0.05) is 0 Å². The van der Waals surface area contributed by atoms with Gasteiger partial charge in [-0.05, 0) is 73.1 Å². The zero-order valence-corrected chi connectivity index (χ0v) is 22.2. The Morgan fingerprint density at radius 1 is 1.00 bits per heavy atom. The first-order valence-electron chi connectivity index (χ1n) is 11.2. The Morgan fingerprint density at radius 3 is 1.97 bits per heavy atom. The number of ether oxygens (including phenoxy) is 1. The van der Waals surface area contributed by atoms with E-state index in [-0.39, 0.29) is 24.5 Å². The molecule has 0 unspecified atom stereocenters. The van der Waals surface area contributed by atoms with E-state index in [1.54, 1.807) is 22.7 Å². The van der Waals surface area contributed by atoms with Crippen LogP contribution in [0, 0.1) is 13.8 Å². The van der Waals surface area contributed by atoms with Gasteiger partial charge in [-0.3, -0.25) is 0 Å². The molecule has 2 saturated carbocycles. The molecule has 4 rings (SSSR count). The summed E-state index contributed by atoms with van der Waals surface area (Å²) in [6.07, 6.45) is 6.28. The van der Waals surface area contributed by atoms with Crippen molar-refractivity contribution in [2.75, 3.05) is 0 Å². The van der Waals surface area contributed by atoms with E-state index in [0.29, 0.717) is 17.9 Å². The largest absolute Gasteiger partial charge is 0.444 e. The van der Waals surface area contributed by atoms with Crippen molar-refractivity contribution in [3.8, 4) is 0 Å². The van der Waals surface area contributed by atoms with Crippen LogP contribution in [0.3, 0.4) is 0 Å². The smallest absolute Gasteiger partial charge is 0.407 e. The van der Waals surface area contributed by atoms with E-state index >= 15 is 0 Å². The number of alkyl carbamates (subject to hydrolysis) is 1. The van der Waals surface area contributed by atoms with Gasteiger partial charge < -0.3 is 15.8 Å². The van der Waals surface area contributed by atoms with Gasteiger partial charge >= 0.3 is 6.09 Å². The van der Waals surface area contributed by atoms with Crippen LogP contribution in [-0.4, -0.2) is 33.7 Å². The quantitative estimate of drug-likeness (QED) is 0.532. The highest BCUT2D eigenvalue weighted by Gasteiger charge is 2.30. The van der Waals surface area contributed by atoms with E-state index in [1.165, 1.54) is 22.9 Å². The highest BCUT2D eigenvalue weighted by atomic mass is 35.5. The molecule has 2 fully saturated rings. The molecular formula is C23H37ClN4O2S2. The van der Waals surface area contributed by atoms with Crippen molar-refractivity contribution in [1.29, 1.82) is 0 Å². The summed E-state index contributed by atoms with van der Waals surface area (Å²) in [7, 11) is 0. The number of nitrogens with one attached hydrogen (secondary N) is 1. The van der Waals surface area contributed by atoms with Crippen LogP contribution in [0.15, 0.2) is 10.8 Å². The predicted octanol–water partition coefficient (Wildman–Crippen LogP) is 6.08. The maximum atomic E-state index is 11.7. The lowest BCUT2D eigenvalue weighted by molar-refractivity contribution is 0.0505. The standard InChI is InChI=1S/C14H22N2O2S.C9H14N2S.ClH/c1-9-8-19-12(15-9)10-5-6-11(7-10)16-13(17)18-14(2,3)4;1-6-5-12-9(11-6)7-2-3-8(10)4-7;/h8,10-11H,5-7H2,1-4H3,(H,16,17);5,7-8H,2-4,10H2,1H3;1H/t10-,11+;7-,8+;/m10./s1. The van der Waals surface area contributed by atoms with Crippen molar-refractivity contribution in [2.24, 2.45) is 5.73 Å². The Bertz CT molecular complexity index is 864. The Labute approximate surface area is 206 Å². The molecule has 0 bridgehead atoms. The molecule has 32 heavy (non-hydrogen) atoms. The van der Waals surface area contributed by atoms with Crippen molar-refractivity contribution in [3.63, 3.8) is 0 Å². The molecule has 2 heterocycles. The zero-order valence-electron chi connectivity index (χ0n) is 19.7. The van der Waals surface area contributed by atoms with E-state index in [9.17, 15) is 4.79 Å². The summed E-state index contributed by atoms with van der Waals surface area (Å²) in [4.78, 5) is 20.7. The van der Waals surface area contributed by atoms with Gasteiger partial charge in [-0.2, -0.15) is 0 Å². The average Bonchev–Trinajstić information content (AvgIpc) is 3.42. The molecular weight excluding hydrogens is 464 g/mol. The van der Waals surface area contributed by atoms with Crippen LogP contribution in [0.5, 0.6) is 0 Å². The van der Waals surface area contributed by atoms with Crippen LogP contribution in [0.25, 0.3) is 0 Å². The zero-order chi connectivity index (χ0) is 22.6. The lowest BCUT2D eigenvalue weighted by Crippen LogP contribution is -2.37. The molecule has 2 aromatic rings. The number of hydrogen-bond donors (Lipinski definition) is 2. The molecule has 2 aliphatic rings. The monoisotopic (exact) mass is 500 g/mol. The van der Waals surface area contributed by atoms with Gasteiger partial charge in [-0.25, -0.2) is 14.8 Å². The molecule has 180 valence electrons. The summed E-state index contributed by atoms with van der Waals surface area (Å²) in [5.74, 6) is 1.14. The molecule has 0 spiro atoms. The number of aromatic nitrogens is 2. The maximum absolute atomic E-state index is 11.7. The SMILES string of the molecule is Cc1csc([C@@H]2CC[C@H](NC(=O)OC(C)(C)C)C2)n1.Cc1csc([C@H]2CC[C@@H](N)C2)n1.Cl. The molecule has 1 amide bonds. The number of hydrogen-bond acceptors (Lipinski definition) is 7. The lowest BCUT2D eigenvalue weighted by Gasteiger charge is -2.21. The summed E-state index contributed by atoms with van der Waals surface area (Å²) in [6.45, 7) is 9.70. The summed E-state index contributed by atoms with van der Waals surface area (Å²) < 4.78 is 5.28. The topological polar surface area (TPSA) is 90.1 Å². The Kier molecular flexibility index (Phi) is 9.94. The van der Waals surface area contributed by atoms with Gasteiger partial charge in [0.15, 0.2) is 0 Å². The first-order valence-corrected chi connectivity index (χ1v) is 12.9. The molecule has 2 aliphatic carbocycles. The fourth-order valence-corrected chi connectivity index (χ4v) is 6.07. The number of nitrogens with two attached hydrogens (primary N) is 1. The molecule has 9 heteroatoms. The van der Waals surface area contributed by atoms with E-state index in [4.69, 9.17) is 10.5 Å². The summed E-state index contributed by atoms with van der Waals surface area (Å²) >= 11 is 3.50. The number of halogens is 1. The second-order valence-corrected chi connectivity index (χ2v) is 11.6. The third-order valence-electron chi connectivity index (χ3n) is 5.60. The van der Waals surface area contributed by atoms with Gasteiger partial charge in [0.2, 0.25) is 0 Å². The van der Waals surface area contributed by atoms with E-state index in [0.717, 1.165) is 37.1 Å². The number of amides is 1. The van der Waals surface area contributed by atoms with Crippen LogP contribution in [-0.2, 0) is 4.74 Å². The predicted molar refractivity (Wildman–Crippen MR) is 135 cm³/mol. The van der Waals surface area contributed by atoms with E-state index in [2.05, 4.69) is 33.0 Å². The van der Waals surface area contributed by atoms with Crippen molar-refractivity contribution in [2.45, 2.75) is 103 Å². The molecule has 6 nitrogen and oxygen atoms in total. The molecule has 0 saturated heterocycles. The van der Waals surface area contributed by atoms with E-state index < -0.39 is 5.60 Å². The third-order valence-corrected chi connectivity index (χ3v) is 7.85. The molecule has 0 aromatic carbocycles. The summed E-state index contributed by atoms with van der Waals surface area (Å²) in [5.41, 5.74) is 7.65. The van der Waals surface area contributed by atoms with Gasteiger partial charge in [0.05, 0.1) is 10.0 Å². The molecule has 4 atom stereocenters. The summed E-state index contributed by atoms with van der Waals surface area (Å²) in [5, 5.41) is 9.66. The molecule has 2 aromatic heterocycles. The van der Waals surface area contributed by atoms with Crippen LogP contribution in [0.1, 0.15) is 92.5 Å². The fraction of sp³-hybridized carbons (Fsp3) is 0.696. The van der Waals surface area contributed by atoms with Gasteiger partial charge in [0, 0.05) is 46.1 Å². The van der Waals surface area contributed by atoms with Gasteiger partial charge in [-0.15, -0.1) is 35.1 Å². The lowest BCUT2D eigenvalue weighted by atomic mass is 10.1. The molecule has 0 radical (unpaired) electrons. The minimum Gasteiger partial charge on any atom is -0.444 e. The highest BCUT2D eigenvalue weighted by molar-refractivity contribution is 7.10. The van der Waals surface area contributed by atoms with Crippen LogP contribution in [0.4, 0.5) is 4.79 Å². The number of nitrogens with zero attached hydrogens (tertiary/aromatic N) is 2. The summed E-state index contributed by atoms with van der Waals surface area (Å²) in [6, 6.07) is 0.628.